The molecule has 2 rings (SSSR count). The molecule has 0 unspecified atom stereocenters. The van der Waals surface area contributed by atoms with Gasteiger partial charge in [-0.15, -0.1) is 0 Å². The van der Waals surface area contributed by atoms with Gasteiger partial charge in [-0.25, -0.2) is 4.39 Å². The fraction of sp³-hybridized carbons (Fsp3) is 0.200. The fourth-order valence-electron chi connectivity index (χ4n) is 1.69. The minimum atomic E-state index is -0.387. The maximum Gasteiger partial charge on any atom is 0.165 e. The molecule has 0 bridgehead atoms. The van der Waals surface area contributed by atoms with E-state index in [4.69, 9.17) is 10.5 Å². The number of hydrogen-bond acceptors (Lipinski definition) is 2. The first-order valence-electron chi connectivity index (χ1n) is 5.99. The topological polar surface area (TPSA) is 35.2 Å². The second-order valence-electron chi connectivity index (χ2n) is 4.36. The lowest BCUT2D eigenvalue weighted by Gasteiger charge is -2.11. The molecule has 0 fully saturated rings. The van der Waals surface area contributed by atoms with Crippen LogP contribution in [0.4, 0.5) is 4.39 Å². The maximum absolute atomic E-state index is 13.8. The molecule has 0 amide bonds. The van der Waals surface area contributed by atoms with E-state index in [0.29, 0.717) is 6.61 Å². The molecule has 0 spiro atoms. The molecule has 0 radical (unpaired) electrons. The molecule has 0 aliphatic heterocycles. The molecule has 2 N–H and O–H groups in total. The molecule has 0 aliphatic rings. The van der Waals surface area contributed by atoms with Crippen LogP contribution >= 0.6 is 15.9 Å². The van der Waals surface area contributed by atoms with E-state index in [-0.39, 0.29) is 17.6 Å². The zero-order valence-electron chi connectivity index (χ0n) is 10.6. The lowest BCUT2D eigenvalue weighted by atomic mass is 10.1. The Labute approximate surface area is 120 Å². The summed E-state index contributed by atoms with van der Waals surface area (Å²) in [4.78, 5) is 0. The summed E-state index contributed by atoms with van der Waals surface area (Å²) in [6.07, 6.45) is 0. The van der Waals surface area contributed by atoms with Crippen molar-refractivity contribution in [3.05, 3.63) is 63.9 Å². The Balaban J connectivity index is 2.10. The molecule has 0 saturated heterocycles. The number of benzene rings is 2. The third-order valence-corrected chi connectivity index (χ3v) is 3.60. The van der Waals surface area contributed by atoms with Gasteiger partial charge >= 0.3 is 0 Å². The third-order valence-electron chi connectivity index (χ3n) is 2.82. The van der Waals surface area contributed by atoms with Crippen LogP contribution in [0.15, 0.2) is 46.9 Å². The maximum atomic E-state index is 13.8. The molecule has 0 heterocycles. The quantitative estimate of drug-likeness (QED) is 0.915. The third kappa shape index (κ3) is 3.55. The Bertz CT molecular complexity index is 572. The van der Waals surface area contributed by atoms with E-state index >= 15 is 0 Å². The second kappa shape index (κ2) is 6.17. The summed E-state index contributed by atoms with van der Waals surface area (Å²) in [5, 5.41) is 0. The van der Waals surface area contributed by atoms with Gasteiger partial charge in [-0.2, -0.15) is 0 Å². The molecule has 19 heavy (non-hydrogen) atoms. The largest absolute Gasteiger partial charge is 0.486 e. The first kappa shape index (κ1) is 14.0. The number of halogens is 2. The van der Waals surface area contributed by atoms with Crippen LogP contribution in [-0.4, -0.2) is 0 Å². The average Bonchev–Trinajstić information content (AvgIpc) is 2.39. The molecule has 2 nitrogen and oxygen atoms in total. The van der Waals surface area contributed by atoms with E-state index in [1.165, 1.54) is 6.07 Å². The van der Waals surface area contributed by atoms with Crippen molar-refractivity contribution in [1.29, 1.82) is 0 Å². The molecule has 1 atom stereocenters. The molecule has 2 aromatic rings. The van der Waals surface area contributed by atoms with Gasteiger partial charge in [0.2, 0.25) is 0 Å². The van der Waals surface area contributed by atoms with Crippen molar-refractivity contribution in [2.24, 2.45) is 5.73 Å². The van der Waals surface area contributed by atoms with Crippen molar-refractivity contribution in [3.63, 3.8) is 0 Å². The summed E-state index contributed by atoms with van der Waals surface area (Å²) in [6, 6.07) is 12.3. The summed E-state index contributed by atoms with van der Waals surface area (Å²) in [5.41, 5.74) is 7.43. The summed E-state index contributed by atoms with van der Waals surface area (Å²) in [6.45, 7) is 2.13. The van der Waals surface area contributed by atoms with Gasteiger partial charge in [-0.3, -0.25) is 0 Å². The zero-order chi connectivity index (χ0) is 13.8. The Kier molecular flexibility index (Phi) is 4.56. The first-order valence-corrected chi connectivity index (χ1v) is 6.78. The van der Waals surface area contributed by atoms with Crippen LogP contribution in [0.5, 0.6) is 5.75 Å². The average molecular weight is 324 g/mol. The van der Waals surface area contributed by atoms with Gasteiger partial charge in [-0.05, 0) is 30.7 Å². The lowest BCUT2D eigenvalue weighted by Crippen LogP contribution is -2.06. The molecule has 0 saturated carbocycles. The van der Waals surface area contributed by atoms with Crippen LogP contribution in [0.1, 0.15) is 24.1 Å². The highest BCUT2D eigenvalue weighted by atomic mass is 79.9. The van der Waals surface area contributed by atoms with Crippen LogP contribution in [0.2, 0.25) is 0 Å². The molecular formula is C15H15BrFNO. The molecule has 100 valence electrons. The van der Waals surface area contributed by atoms with Crippen molar-refractivity contribution >= 4 is 15.9 Å². The molecule has 0 aromatic heterocycles. The summed E-state index contributed by atoms with van der Waals surface area (Å²) in [7, 11) is 0. The van der Waals surface area contributed by atoms with Gasteiger partial charge in [0.05, 0.1) is 0 Å². The number of rotatable bonds is 4. The normalized spacial score (nSPS) is 12.2. The minimum Gasteiger partial charge on any atom is -0.486 e. The zero-order valence-corrected chi connectivity index (χ0v) is 12.2. The monoisotopic (exact) mass is 323 g/mol. The van der Waals surface area contributed by atoms with Crippen LogP contribution in [0, 0.1) is 5.82 Å². The molecule has 2 aromatic carbocycles. The Morgan fingerprint density at radius 1 is 1.26 bits per heavy atom. The SMILES string of the molecule is C[C@H](N)c1ccc(OCc2ccccc2Br)c(F)c1. The van der Waals surface area contributed by atoms with Crippen LogP contribution in [-0.2, 0) is 6.61 Å². The standard InChI is InChI=1S/C15H15BrFNO/c1-10(18)11-6-7-15(14(17)8-11)19-9-12-4-2-3-5-13(12)16/h2-8,10H,9,18H2,1H3/t10-/m0/s1. The highest BCUT2D eigenvalue weighted by Gasteiger charge is 2.08. The van der Waals surface area contributed by atoms with E-state index in [9.17, 15) is 4.39 Å². The van der Waals surface area contributed by atoms with E-state index < -0.39 is 0 Å². The highest BCUT2D eigenvalue weighted by Crippen LogP contribution is 2.23. The van der Waals surface area contributed by atoms with Crippen LogP contribution in [0.3, 0.4) is 0 Å². The predicted octanol–water partition coefficient (Wildman–Crippen LogP) is 4.19. The highest BCUT2D eigenvalue weighted by molar-refractivity contribution is 9.10. The van der Waals surface area contributed by atoms with Gasteiger partial charge in [0.1, 0.15) is 6.61 Å². The van der Waals surface area contributed by atoms with Gasteiger partial charge in [0, 0.05) is 16.1 Å². The van der Waals surface area contributed by atoms with Gasteiger partial charge in [-0.1, -0.05) is 40.2 Å². The Morgan fingerprint density at radius 3 is 2.63 bits per heavy atom. The van der Waals surface area contributed by atoms with Crippen LogP contribution < -0.4 is 10.5 Å². The summed E-state index contributed by atoms with van der Waals surface area (Å²) in [5.74, 6) is -0.151. The van der Waals surface area contributed by atoms with Crippen molar-refractivity contribution in [2.75, 3.05) is 0 Å². The van der Waals surface area contributed by atoms with E-state index in [2.05, 4.69) is 15.9 Å². The van der Waals surface area contributed by atoms with Crippen molar-refractivity contribution in [1.82, 2.24) is 0 Å². The fourth-order valence-corrected chi connectivity index (χ4v) is 2.09. The number of ether oxygens (including phenoxy) is 1. The minimum absolute atomic E-state index is 0.188. The van der Waals surface area contributed by atoms with Gasteiger partial charge in [0.15, 0.2) is 11.6 Å². The molecular weight excluding hydrogens is 309 g/mol. The summed E-state index contributed by atoms with van der Waals surface area (Å²) < 4.78 is 20.3. The van der Waals surface area contributed by atoms with E-state index in [1.807, 2.05) is 31.2 Å². The number of hydrogen-bond donors (Lipinski definition) is 1. The van der Waals surface area contributed by atoms with Gasteiger partial charge in [0.25, 0.3) is 0 Å². The lowest BCUT2D eigenvalue weighted by molar-refractivity contribution is 0.289. The summed E-state index contributed by atoms with van der Waals surface area (Å²) >= 11 is 3.43. The Morgan fingerprint density at radius 2 is 2.00 bits per heavy atom. The van der Waals surface area contributed by atoms with Crippen molar-refractivity contribution in [2.45, 2.75) is 19.6 Å². The van der Waals surface area contributed by atoms with E-state index in [0.717, 1.165) is 15.6 Å². The van der Waals surface area contributed by atoms with Crippen molar-refractivity contribution < 1.29 is 9.13 Å². The number of nitrogens with two attached hydrogens (primary N) is 1. The van der Waals surface area contributed by atoms with Crippen molar-refractivity contribution in [3.8, 4) is 5.75 Å². The molecule has 4 heteroatoms. The molecule has 0 aliphatic carbocycles. The smallest absolute Gasteiger partial charge is 0.165 e. The second-order valence-corrected chi connectivity index (χ2v) is 5.21. The Hall–Kier alpha value is -1.39. The van der Waals surface area contributed by atoms with Crippen LogP contribution in [0.25, 0.3) is 0 Å². The first-order chi connectivity index (χ1) is 9.08. The predicted molar refractivity (Wildman–Crippen MR) is 77.5 cm³/mol. The van der Waals surface area contributed by atoms with E-state index in [1.54, 1.807) is 12.1 Å². The van der Waals surface area contributed by atoms with Gasteiger partial charge < -0.3 is 10.5 Å².